The van der Waals surface area contributed by atoms with Gasteiger partial charge in [0.1, 0.15) is 24.0 Å². The lowest BCUT2D eigenvalue weighted by atomic mass is 9.88. The van der Waals surface area contributed by atoms with Crippen LogP contribution in [0.25, 0.3) is 11.1 Å². The topological polar surface area (TPSA) is 29.5 Å². The Morgan fingerprint density at radius 2 is 1.24 bits per heavy atom. The SMILES string of the molecule is OCCOc1ccc(/C(=C(/CCCl)c2ccc(F)cc2)c2ccc(F)cc2)cc1. The quantitative estimate of drug-likeness (QED) is 0.366. The van der Waals surface area contributed by atoms with Gasteiger partial charge in [0, 0.05) is 5.88 Å². The predicted molar refractivity (Wildman–Crippen MR) is 113 cm³/mol. The van der Waals surface area contributed by atoms with Crippen molar-refractivity contribution >= 4 is 22.7 Å². The number of hydrogen-bond acceptors (Lipinski definition) is 2. The molecule has 0 saturated carbocycles. The van der Waals surface area contributed by atoms with Crippen LogP contribution in [-0.4, -0.2) is 24.2 Å². The van der Waals surface area contributed by atoms with Crippen LogP contribution >= 0.6 is 11.6 Å². The molecule has 1 N–H and O–H groups in total. The minimum Gasteiger partial charge on any atom is -0.491 e. The van der Waals surface area contributed by atoms with E-state index in [0.29, 0.717) is 18.1 Å². The maximum Gasteiger partial charge on any atom is 0.123 e. The van der Waals surface area contributed by atoms with E-state index in [2.05, 4.69) is 0 Å². The van der Waals surface area contributed by atoms with Gasteiger partial charge in [-0.05, 0) is 70.7 Å². The van der Waals surface area contributed by atoms with E-state index >= 15 is 0 Å². The van der Waals surface area contributed by atoms with Crippen LogP contribution in [0.3, 0.4) is 0 Å². The highest BCUT2D eigenvalue weighted by Crippen LogP contribution is 2.35. The first-order valence-electron chi connectivity index (χ1n) is 9.27. The average molecular weight is 415 g/mol. The molecule has 0 aromatic heterocycles. The summed E-state index contributed by atoms with van der Waals surface area (Å²) < 4.78 is 32.4. The van der Waals surface area contributed by atoms with Crippen molar-refractivity contribution in [3.8, 4) is 5.75 Å². The zero-order valence-corrected chi connectivity index (χ0v) is 16.5. The fourth-order valence-electron chi connectivity index (χ4n) is 3.17. The maximum atomic E-state index is 13.5. The molecule has 29 heavy (non-hydrogen) atoms. The molecule has 0 aliphatic rings. The molecule has 5 heteroatoms. The highest BCUT2D eigenvalue weighted by Gasteiger charge is 2.15. The summed E-state index contributed by atoms with van der Waals surface area (Å²) in [7, 11) is 0. The van der Waals surface area contributed by atoms with Crippen molar-refractivity contribution in [3.05, 3.63) is 101 Å². The highest BCUT2D eigenvalue weighted by molar-refractivity contribution is 6.18. The van der Waals surface area contributed by atoms with Crippen LogP contribution in [-0.2, 0) is 0 Å². The molecule has 0 atom stereocenters. The predicted octanol–water partition coefficient (Wildman–Crippen LogP) is 5.92. The molecule has 0 radical (unpaired) electrons. The summed E-state index contributed by atoms with van der Waals surface area (Å²) in [4.78, 5) is 0. The highest BCUT2D eigenvalue weighted by atomic mass is 35.5. The van der Waals surface area contributed by atoms with Gasteiger partial charge >= 0.3 is 0 Å². The molecule has 3 rings (SSSR count). The molecule has 0 aliphatic heterocycles. The van der Waals surface area contributed by atoms with Gasteiger partial charge in [-0.25, -0.2) is 8.78 Å². The van der Waals surface area contributed by atoms with E-state index in [0.717, 1.165) is 27.8 Å². The zero-order valence-electron chi connectivity index (χ0n) is 15.7. The van der Waals surface area contributed by atoms with Crippen molar-refractivity contribution in [2.45, 2.75) is 6.42 Å². The first kappa shape index (κ1) is 21.0. The number of aliphatic hydroxyl groups is 1. The molecule has 3 aromatic rings. The fraction of sp³-hybridized carbons (Fsp3) is 0.167. The number of ether oxygens (including phenoxy) is 1. The third kappa shape index (κ3) is 5.43. The standard InChI is InChI=1S/C24H21ClF2O2/c25-14-13-23(17-1-7-20(26)8-2-17)24(18-3-9-21(27)10-4-18)19-5-11-22(12-6-19)29-16-15-28/h1-12,28H,13-16H2/b24-23-. The van der Waals surface area contributed by atoms with Gasteiger partial charge in [-0.2, -0.15) is 0 Å². The van der Waals surface area contributed by atoms with Crippen LogP contribution < -0.4 is 4.74 Å². The molecule has 2 nitrogen and oxygen atoms in total. The number of hydrogen-bond donors (Lipinski definition) is 1. The number of allylic oxidation sites excluding steroid dienone is 1. The van der Waals surface area contributed by atoms with E-state index < -0.39 is 0 Å². The Kier molecular flexibility index (Phi) is 7.39. The van der Waals surface area contributed by atoms with Crippen molar-refractivity contribution < 1.29 is 18.6 Å². The summed E-state index contributed by atoms with van der Waals surface area (Å²) >= 11 is 6.09. The van der Waals surface area contributed by atoms with Gasteiger partial charge in [0.25, 0.3) is 0 Å². The van der Waals surface area contributed by atoms with Crippen LogP contribution in [0.1, 0.15) is 23.1 Å². The van der Waals surface area contributed by atoms with Gasteiger partial charge in [0.2, 0.25) is 0 Å². The van der Waals surface area contributed by atoms with Gasteiger partial charge < -0.3 is 9.84 Å². The normalized spacial score (nSPS) is 11.9. The minimum absolute atomic E-state index is 0.0626. The second-order valence-corrected chi connectivity index (χ2v) is 6.78. The number of halogens is 3. The summed E-state index contributed by atoms with van der Waals surface area (Å²) in [5, 5.41) is 8.92. The van der Waals surface area contributed by atoms with Gasteiger partial charge in [0.05, 0.1) is 6.61 Å². The van der Waals surface area contributed by atoms with Crippen LogP contribution in [0.4, 0.5) is 8.78 Å². The van der Waals surface area contributed by atoms with Gasteiger partial charge in [-0.1, -0.05) is 36.4 Å². The molecule has 0 aliphatic carbocycles. The van der Waals surface area contributed by atoms with E-state index in [9.17, 15) is 8.78 Å². The molecule has 0 saturated heterocycles. The Morgan fingerprint density at radius 1 is 0.759 bits per heavy atom. The fourth-order valence-corrected chi connectivity index (χ4v) is 3.36. The lowest BCUT2D eigenvalue weighted by Gasteiger charge is -2.17. The largest absolute Gasteiger partial charge is 0.491 e. The molecule has 0 heterocycles. The Labute approximate surface area is 174 Å². The summed E-state index contributed by atoms with van der Waals surface area (Å²) in [5.74, 6) is 0.394. The molecule has 150 valence electrons. The van der Waals surface area contributed by atoms with Crippen LogP contribution in [0, 0.1) is 11.6 Å². The minimum atomic E-state index is -0.318. The molecule has 3 aromatic carbocycles. The summed E-state index contributed by atoms with van der Waals surface area (Å²) in [6.45, 7) is 0.153. The maximum absolute atomic E-state index is 13.5. The van der Waals surface area contributed by atoms with Crippen molar-refractivity contribution in [2.24, 2.45) is 0 Å². The number of alkyl halides is 1. The molecule has 0 amide bonds. The number of rotatable bonds is 8. The first-order valence-corrected chi connectivity index (χ1v) is 9.81. The Morgan fingerprint density at radius 3 is 1.72 bits per heavy atom. The van der Waals surface area contributed by atoms with E-state index in [1.807, 2.05) is 24.3 Å². The molecule has 0 spiro atoms. The third-order valence-electron chi connectivity index (χ3n) is 4.47. The monoisotopic (exact) mass is 414 g/mol. The molecule has 0 fully saturated rings. The third-order valence-corrected chi connectivity index (χ3v) is 4.66. The van der Waals surface area contributed by atoms with Gasteiger partial charge in [-0.15, -0.1) is 11.6 Å². The van der Waals surface area contributed by atoms with Gasteiger partial charge in [0.15, 0.2) is 0 Å². The van der Waals surface area contributed by atoms with Crippen molar-refractivity contribution in [1.82, 2.24) is 0 Å². The Balaban J connectivity index is 2.16. The summed E-state index contributed by atoms with van der Waals surface area (Å²) in [6, 6.07) is 20.0. The lowest BCUT2D eigenvalue weighted by Crippen LogP contribution is -2.02. The lowest BCUT2D eigenvalue weighted by molar-refractivity contribution is 0.201. The van der Waals surface area contributed by atoms with Crippen molar-refractivity contribution in [3.63, 3.8) is 0 Å². The van der Waals surface area contributed by atoms with Crippen LogP contribution in [0.2, 0.25) is 0 Å². The smallest absolute Gasteiger partial charge is 0.123 e. The Hall–Kier alpha value is -2.69. The zero-order chi connectivity index (χ0) is 20.6. The van der Waals surface area contributed by atoms with Gasteiger partial charge in [-0.3, -0.25) is 0 Å². The molecule has 0 bridgehead atoms. The molecular weight excluding hydrogens is 394 g/mol. The second kappa shape index (κ2) is 10.2. The number of aliphatic hydroxyl groups excluding tert-OH is 1. The average Bonchev–Trinajstić information content (AvgIpc) is 2.74. The summed E-state index contributed by atoms with van der Waals surface area (Å²) in [5.41, 5.74) is 4.42. The van der Waals surface area contributed by atoms with E-state index in [1.165, 1.54) is 24.3 Å². The molecule has 0 unspecified atom stereocenters. The second-order valence-electron chi connectivity index (χ2n) is 6.40. The van der Waals surface area contributed by atoms with Crippen LogP contribution in [0.15, 0.2) is 72.8 Å². The van der Waals surface area contributed by atoms with Crippen molar-refractivity contribution in [1.29, 1.82) is 0 Å². The molecular formula is C24H21ClF2O2. The van der Waals surface area contributed by atoms with Crippen molar-refractivity contribution in [2.75, 3.05) is 19.1 Å². The summed E-state index contributed by atoms with van der Waals surface area (Å²) in [6.07, 6.45) is 0.558. The number of benzene rings is 3. The Bertz CT molecular complexity index is 950. The van der Waals surface area contributed by atoms with Crippen LogP contribution in [0.5, 0.6) is 5.75 Å². The van der Waals surface area contributed by atoms with E-state index in [-0.39, 0.29) is 24.8 Å². The van der Waals surface area contributed by atoms with E-state index in [4.69, 9.17) is 21.4 Å². The first-order chi connectivity index (χ1) is 14.1. The van der Waals surface area contributed by atoms with E-state index in [1.54, 1.807) is 24.3 Å².